The molecule has 1 N–H and O–H groups in total. The molecular weight excluding hydrogens is 306 g/mol. The molecule has 126 valence electrons. The Morgan fingerprint density at radius 2 is 2.25 bits per heavy atom. The number of methoxy groups -OCH3 is 1. The second-order valence-electron chi connectivity index (χ2n) is 6.61. The van der Waals surface area contributed by atoms with Crippen molar-refractivity contribution in [2.75, 3.05) is 20.2 Å². The number of pyridine rings is 1. The normalized spacial score (nSPS) is 20.4. The van der Waals surface area contributed by atoms with Gasteiger partial charge in [-0.05, 0) is 31.2 Å². The number of carbonyl (C=O) groups is 1. The van der Waals surface area contributed by atoms with Crippen LogP contribution in [0.15, 0.2) is 18.3 Å². The highest BCUT2D eigenvalue weighted by Gasteiger charge is 2.30. The zero-order valence-corrected chi connectivity index (χ0v) is 13.7. The standard InChI is InChI=1S/C17H21N5O2/c1-24-15-5-4-13(9-18-15)17(23)22-7-6-11(10-22)8-14-19-16(21-20-14)12-2-3-12/h4-5,9,11-12H,2-3,6-8,10H2,1H3,(H,19,20,21). The molecule has 1 saturated carbocycles. The Bertz CT molecular complexity index is 723. The first kappa shape index (κ1) is 15.1. The van der Waals surface area contributed by atoms with Crippen LogP contribution in [0.4, 0.5) is 0 Å². The summed E-state index contributed by atoms with van der Waals surface area (Å²) in [6.45, 7) is 1.53. The number of ether oxygens (including phenoxy) is 1. The van der Waals surface area contributed by atoms with Gasteiger partial charge < -0.3 is 9.64 Å². The molecular formula is C17H21N5O2. The summed E-state index contributed by atoms with van der Waals surface area (Å²) in [4.78, 5) is 23.1. The molecule has 7 nitrogen and oxygen atoms in total. The van der Waals surface area contributed by atoms with Gasteiger partial charge in [0.2, 0.25) is 5.88 Å². The zero-order valence-electron chi connectivity index (χ0n) is 13.7. The lowest BCUT2D eigenvalue weighted by Crippen LogP contribution is -2.29. The molecule has 2 aromatic heterocycles. The second kappa shape index (κ2) is 6.22. The number of amides is 1. The maximum Gasteiger partial charge on any atom is 0.255 e. The van der Waals surface area contributed by atoms with Gasteiger partial charge in [0.15, 0.2) is 5.82 Å². The summed E-state index contributed by atoms with van der Waals surface area (Å²) < 4.78 is 5.03. The zero-order chi connectivity index (χ0) is 16.5. The molecule has 2 aliphatic rings. The van der Waals surface area contributed by atoms with Crippen LogP contribution in [0.1, 0.15) is 47.2 Å². The Labute approximate surface area is 140 Å². The van der Waals surface area contributed by atoms with Crippen molar-refractivity contribution in [1.82, 2.24) is 25.1 Å². The molecule has 1 aliphatic carbocycles. The van der Waals surface area contributed by atoms with Crippen LogP contribution in [0.2, 0.25) is 0 Å². The van der Waals surface area contributed by atoms with Gasteiger partial charge in [-0.1, -0.05) is 0 Å². The first-order valence-electron chi connectivity index (χ1n) is 8.43. The predicted molar refractivity (Wildman–Crippen MR) is 86.9 cm³/mol. The van der Waals surface area contributed by atoms with Gasteiger partial charge in [-0.15, -0.1) is 0 Å². The maximum atomic E-state index is 12.6. The SMILES string of the molecule is COc1ccc(C(=O)N2CCC(Cc3nc(C4CC4)n[nH]3)C2)cn1. The number of likely N-dealkylation sites (tertiary alicyclic amines) is 1. The van der Waals surface area contributed by atoms with Crippen LogP contribution in [0.25, 0.3) is 0 Å². The molecule has 0 aromatic carbocycles. The molecule has 4 rings (SSSR count). The third kappa shape index (κ3) is 3.11. The van der Waals surface area contributed by atoms with E-state index in [-0.39, 0.29) is 5.91 Å². The Morgan fingerprint density at radius 3 is 2.96 bits per heavy atom. The van der Waals surface area contributed by atoms with Crippen molar-refractivity contribution in [3.8, 4) is 5.88 Å². The number of hydrogen-bond donors (Lipinski definition) is 1. The minimum Gasteiger partial charge on any atom is -0.481 e. The van der Waals surface area contributed by atoms with E-state index in [1.807, 2.05) is 4.90 Å². The van der Waals surface area contributed by atoms with Gasteiger partial charge >= 0.3 is 0 Å². The minimum atomic E-state index is 0.0314. The second-order valence-corrected chi connectivity index (χ2v) is 6.61. The van der Waals surface area contributed by atoms with Crippen molar-refractivity contribution < 1.29 is 9.53 Å². The van der Waals surface area contributed by atoms with Crippen molar-refractivity contribution in [1.29, 1.82) is 0 Å². The molecule has 0 radical (unpaired) electrons. The highest BCUT2D eigenvalue weighted by molar-refractivity contribution is 5.94. The number of hydrogen-bond acceptors (Lipinski definition) is 5. The van der Waals surface area contributed by atoms with E-state index in [9.17, 15) is 4.79 Å². The van der Waals surface area contributed by atoms with Gasteiger partial charge in [-0.25, -0.2) is 9.97 Å². The largest absolute Gasteiger partial charge is 0.481 e. The number of aromatic nitrogens is 4. The fourth-order valence-electron chi connectivity index (χ4n) is 3.19. The van der Waals surface area contributed by atoms with Gasteiger partial charge in [0.05, 0.1) is 12.7 Å². The number of H-pyrrole nitrogens is 1. The molecule has 7 heteroatoms. The van der Waals surface area contributed by atoms with E-state index >= 15 is 0 Å². The molecule has 0 bridgehead atoms. The molecule has 2 aromatic rings. The molecule has 1 saturated heterocycles. The van der Waals surface area contributed by atoms with E-state index in [0.29, 0.717) is 23.3 Å². The quantitative estimate of drug-likeness (QED) is 0.905. The molecule has 24 heavy (non-hydrogen) atoms. The van der Waals surface area contributed by atoms with E-state index in [2.05, 4.69) is 20.2 Å². The van der Waals surface area contributed by atoms with E-state index in [1.165, 1.54) is 12.8 Å². The summed E-state index contributed by atoms with van der Waals surface area (Å²) >= 11 is 0. The van der Waals surface area contributed by atoms with Gasteiger partial charge in [0, 0.05) is 37.7 Å². The molecule has 1 amide bonds. The lowest BCUT2D eigenvalue weighted by Gasteiger charge is -2.16. The lowest BCUT2D eigenvalue weighted by atomic mass is 10.1. The molecule has 1 aliphatic heterocycles. The minimum absolute atomic E-state index is 0.0314. The highest BCUT2D eigenvalue weighted by atomic mass is 16.5. The fourth-order valence-corrected chi connectivity index (χ4v) is 3.19. The van der Waals surface area contributed by atoms with E-state index in [4.69, 9.17) is 4.74 Å². The Hall–Kier alpha value is -2.44. The van der Waals surface area contributed by atoms with Crippen LogP contribution >= 0.6 is 0 Å². The van der Waals surface area contributed by atoms with Crippen LogP contribution in [-0.4, -0.2) is 51.2 Å². The number of rotatable bonds is 5. The first-order valence-corrected chi connectivity index (χ1v) is 8.43. The topological polar surface area (TPSA) is 84.0 Å². The van der Waals surface area contributed by atoms with E-state index < -0.39 is 0 Å². The van der Waals surface area contributed by atoms with Crippen LogP contribution in [-0.2, 0) is 6.42 Å². The Kier molecular flexibility index (Phi) is 3.92. The molecule has 3 heterocycles. The van der Waals surface area contributed by atoms with E-state index in [1.54, 1.807) is 25.4 Å². The highest BCUT2D eigenvalue weighted by Crippen LogP contribution is 2.37. The number of carbonyl (C=O) groups excluding carboxylic acids is 1. The monoisotopic (exact) mass is 327 g/mol. The van der Waals surface area contributed by atoms with Crippen molar-refractivity contribution in [2.24, 2.45) is 5.92 Å². The summed E-state index contributed by atoms with van der Waals surface area (Å²) in [5.41, 5.74) is 0.604. The fraction of sp³-hybridized carbons (Fsp3) is 0.529. The lowest BCUT2D eigenvalue weighted by molar-refractivity contribution is 0.0786. The number of nitrogens with zero attached hydrogens (tertiary/aromatic N) is 4. The summed E-state index contributed by atoms with van der Waals surface area (Å²) in [6, 6.07) is 3.48. The van der Waals surface area contributed by atoms with Crippen molar-refractivity contribution >= 4 is 5.91 Å². The van der Waals surface area contributed by atoms with Crippen molar-refractivity contribution in [3.63, 3.8) is 0 Å². The van der Waals surface area contributed by atoms with Crippen LogP contribution < -0.4 is 4.74 Å². The van der Waals surface area contributed by atoms with Gasteiger partial charge in [-0.3, -0.25) is 9.89 Å². The summed E-state index contributed by atoms with van der Waals surface area (Å²) in [7, 11) is 1.56. The summed E-state index contributed by atoms with van der Waals surface area (Å²) in [6.07, 6.45) is 5.84. The van der Waals surface area contributed by atoms with Gasteiger partial charge in [0.1, 0.15) is 5.82 Å². The number of nitrogens with one attached hydrogen (secondary N) is 1. The molecule has 1 unspecified atom stereocenters. The van der Waals surface area contributed by atoms with Crippen LogP contribution in [0.3, 0.4) is 0 Å². The smallest absolute Gasteiger partial charge is 0.255 e. The molecule has 2 fully saturated rings. The van der Waals surface area contributed by atoms with Gasteiger partial charge in [0.25, 0.3) is 5.91 Å². The average molecular weight is 327 g/mol. The average Bonchev–Trinajstić information content (AvgIpc) is 3.19. The summed E-state index contributed by atoms with van der Waals surface area (Å²) in [5, 5.41) is 7.36. The maximum absolute atomic E-state index is 12.6. The number of aromatic amines is 1. The van der Waals surface area contributed by atoms with Crippen molar-refractivity contribution in [3.05, 3.63) is 35.5 Å². The molecule has 1 atom stereocenters. The third-order valence-corrected chi connectivity index (χ3v) is 4.74. The summed E-state index contributed by atoms with van der Waals surface area (Å²) in [5.74, 6) is 3.45. The van der Waals surface area contributed by atoms with Crippen molar-refractivity contribution in [2.45, 2.75) is 31.6 Å². The van der Waals surface area contributed by atoms with E-state index in [0.717, 1.165) is 37.6 Å². The predicted octanol–water partition coefficient (Wildman–Crippen LogP) is 1.79. The van der Waals surface area contributed by atoms with Gasteiger partial charge in [-0.2, -0.15) is 5.10 Å². The Morgan fingerprint density at radius 1 is 1.38 bits per heavy atom. The Balaban J connectivity index is 1.35. The first-order chi connectivity index (χ1) is 11.7. The molecule has 0 spiro atoms. The van der Waals surface area contributed by atoms with Crippen LogP contribution in [0.5, 0.6) is 5.88 Å². The third-order valence-electron chi connectivity index (χ3n) is 4.74. The van der Waals surface area contributed by atoms with Crippen LogP contribution in [0, 0.1) is 5.92 Å².